The molecule has 3 rings (SSSR count). The Hall–Kier alpha value is -2.32. The van der Waals surface area contributed by atoms with Gasteiger partial charge in [0.15, 0.2) is 0 Å². The summed E-state index contributed by atoms with van der Waals surface area (Å²) in [7, 11) is -0.505. The zero-order chi connectivity index (χ0) is 18.0. The number of hydrogen-bond donors (Lipinski definition) is 0. The molecular formula is C17H18N2O4S2. The van der Waals surface area contributed by atoms with Gasteiger partial charge in [-0.25, -0.2) is 0 Å². The number of sulfonamides is 1. The van der Waals surface area contributed by atoms with E-state index in [1.165, 1.54) is 30.6 Å². The Morgan fingerprint density at radius 3 is 2.52 bits per heavy atom. The number of hydrogen-bond acceptors (Lipinski definition) is 5. The maximum absolute atomic E-state index is 12.6. The van der Waals surface area contributed by atoms with E-state index in [-0.39, 0.29) is 4.90 Å². The van der Waals surface area contributed by atoms with Crippen molar-refractivity contribution in [2.75, 3.05) is 13.7 Å². The van der Waals surface area contributed by atoms with Crippen LogP contribution in [-0.4, -0.2) is 26.7 Å². The zero-order valence-electron chi connectivity index (χ0n) is 14.1. The van der Waals surface area contributed by atoms with Crippen molar-refractivity contribution in [3.8, 4) is 11.5 Å². The Morgan fingerprint density at radius 2 is 1.88 bits per heavy atom. The van der Waals surface area contributed by atoms with Gasteiger partial charge >= 0.3 is 0 Å². The van der Waals surface area contributed by atoms with Crippen LogP contribution in [0.1, 0.15) is 6.92 Å². The topological polar surface area (TPSA) is 69.9 Å². The molecule has 0 bridgehead atoms. The Balaban J connectivity index is 2.14. The molecule has 0 aliphatic rings. The second-order valence-corrected chi connectivity index (χ2v) is 7.83. The molecule has 0 unspecified atom stereocenters. The number of para-hydroxylation sites is 1. The number of aromatic nitrogens is 1. The normalized spacial score (nSPS) is 12.5. The van der Waals surface area contributed by atoms with E-state index in [1.807, 2.05) is 25.1 Å². The van der Waals surface area contributed by atoms with Gasteiger partial charge in [-0.05, 0) is 43.3 Å². The third-order valence-electron chi connectivity index (χ3n) is 3.64. The fourth-order valence-electron chi connectivity index (χ4n) is 2.43. The number of aryl methyl sites for hydroxylation is 1. The van der Waals surface area contributed by atoms with Crippen molar-refractivity contribution in [2.45, 2.75) is 11.8 Å². The Morgan fingerprint density at radius 1 is 1.16 bits per heavy atom. The molecule has 0 spiro atoms. The molecule has 8 heteroatoms. The van der Waals surface area contributed by atoms with Gasteiger partial charge in [0, 0.05) is 7.05 Å². The number of benzene rings is 2. The summed E-state index contributed by atoms with van der Waals surface area (Å²) in [6.07, 6.45) is 0. The highest BCUT2D eigenvalue weighted by Crippen LogP contribution is 2.27. The molecule has 1 aromatic heterocycles. The van der Waals surface area contributed by atoms with E-state index in [4.69, 9.17) is 9.47 Å². The standard InChI is InChI=1S/C17H18N2O4S2/c1-4-23-14-6-5-7-15-16(14)19(2)17(24-15)18-25(20,21)13-10-8-12(22-3)9-11-13/h5-11H,4H2,1-3H3. The van der Waals surface area contributed by atoms with Gasteiger partial charge in [-0.15, -0.1) is 4.40 Å². The molecule has 0 amide bonds. The number of rotatable bonds is 5. The molecular weight excluding hydrogens is 360 g/mol. The van der Waals surface area contributed by atoms with Crippen LogP contribution in [0.25, 0.3) is 10.2 Å². The molecule has 0 N–H and O–H groups in total. The molecule has 0 aliphatic heterocycles. The molecule has 1 heterocycles. The van der Waals surface area contributed by atoms with Crippen molar-refractivity contribution in [2.24, 2.45) is 11.4 Å². The summed E-state index contributed by atoms with van der Waals surface area (Å²) in [4.78, 5) is 0.508. The molecule has 132 valence electrons. The number of methoxy groups -OCH3 is 1. The van der Waals surface area contributed by atoms with Crippen LogP contribution in [0.15, 0.2) is 51.8 Å². The highest BCUT2D eigenvalue weighted by atomic mass is 32.2. The maximum Gasteiger partial charge on any atom is 0.285 e. The van der Waals surface area contributed by atoms with Crippen molar-refractivity contribution in [3.05, 3.63) is 47.3 Å². The molecule has 0 atom stereocenters. The van der Waals surface area contributed by atoms with E-state index in [2.05, 4.69) is 4.40 Å². The molecule has 0 fully saturated rings. The first-order valence-electron chi connectivity index (χ1n) is 7.62. The van der Waals surface area contributed by atoms with Crippen LogP contribution in [-0.2, 0) is 17.1 Å². The summed E-state index contributed by atoms with van der Waals surface area (Å²) >= 11 is 1.31. The molecule has 0 saturated heterocycles. The van der Waals surface area contributed by atoms with Gasteiger partial charge in [0.2, 0.25) is 4.80 Å². The average molecular weight is 378 g/mol. The smallest absolute Gasteiger partial charge is 0.285 e. The summed E-state index contributed by atoms with van der Waals surface area (Å²) in [6.45, 7) is 2.44. The maximum atomic E-state index is 12.6. The van der Waals surface area contributed by atoms with E-state index in [1.54, 1.807) is 23.7 Å². The minimum atomic E-state index is -3.82. The fraction of sp³-hybridized carbons (Fsp3) is 0.235. The Bertz CT molecular complexity index is 1060. The van der Waals surface area contributed by atoms with Crippen molar-refractivity contribution >= 4 is 31.6 Å². The first-order chi connectivity index (χ1) is 12.0. The van der Waals surface area contributed by atoms with Crippen molar-refractivity contribution < 1.29 is 17.9 Å². The Kier molecular flexibility index (Phi) is 4.82. The minimum absolute atomic E-state index is 0.121. The van der Waals surface area contributed by atoms with Crippen LogP contribution in [0.2, 0.25) is 0 Å². The van der Waals surface area contributed by atoms with Gasteiger partial charge in [-0.1, -0.05) is 17.4 Å². The predicted octanol–water partition coefficient (Wildman–Crippen LogP) is 2.94. The van der Waals surface area contributed by atoms with Gasteiger partial charge in [-0.3, -0.25) is 0 Å². The lowest BCUT2D eigenvalue weighted by molar-refractivity contribution is 0.343. The summed E-state index contributed by atoms with van der Waals surface area (Å²) in [6, 6.07) is 11.8. The average Bonchev–Trinajstić information content (AvgIpc) is 2.91. The summed E-state index contributed by atoms with van der Waals surface area (Å²) in [5.41, 5.74) is 0.832. The summed E-state index contributed by atoms with van der Waals surface area (Å²) < 4.78 is 42.5. The fourth-order valence-corrected chi connectivity index (χ4v) is 4.70. The lowest BCUT2D eigenvalue weighted by atomic mass is 10.3. The summed E-state index contributed by atoms with van der Waals surface area (Å²) in [5, 5.41) is 0. The van der Waals surface area contributed by atoms with Crippen LogP contribution in [0.3, 0.4) is 0 Å². The van der Waals surface area contributed by atoms with E-state index >= 15 is 0 Å². The van der Waals surface area contributed by atoms with Crippen LogP contribution in [0.5, 0.6) is 11.5 Å². The molecule has 0 radical (unpaired) electrons. The van der Waals surface area contributed by atoms with Gasteiger partial charge in [0.1, 0.15) is 17.0 Å². The van der Waals surface area contributed by atoms with E-state index < -0.39 is 10.0 Å². The minimum Gasteiger partial charge on any atom is -0.497 e. The number of nitrogens with zero attached hydrogens (tertiary/aromatic N) is 2. The Labute approximate surface area is 150 Å². The van der Waals surface area contributed by atoms with Gasteiger partial charge in [-0.2, -0.15) is 8.42 Å². The van der Waals surface area contributed by atoms with Gasteiger partial charge in [0.25, 0.3) is 10.0 Å². The van der Waals surface area contributed by atoms with E-state index in [9.17, 15) is 8.42 Å². The SMILES string of the molecule is CCOc1cccc2sc(=NS(=O)(=O)c3ccc(OC)cc3)n(C)c12. The molecule has 0 saturated carbocycles. The molecule has 6 nitrogen and oxygen atoms in total. The largest absolute Gasteiger partial charge is 0.497 e. The van der Waals surface area contributed by atoms with Crippen molar-refractivity contribution in [1.82, 2.24) is 4.57 Å². The molecule has 25 heavy (non-hydrogen) atoms. The highest BCUT2D eigenvalue weighted by molar-refractivity contribution is 7.90. The predicted molar refractivity (Wildman–Crippen MR) is 97.7 cm³/mol. The van der Waals surface area contributed by atoms with Crippen LogP contribution < -0.4 is 14.3 Å². The lowest BCUT2D eigenvalue weighted by Crippen LogP contribution is -2.14. The highest BCUT2D eigenvalue weighted by Gasteiger charge is 2.15. The molecule has 0 aliphatic carbocycles. The summed E-state index contributed by atoms with van der Waals surface area (Å²) in [5.74, 6) is 1.30. The van der Waals surface area contributed by atoms with Crippen LogP contribution >= 0.6 is 11.3 Å². The van der Waals surface area contributed by atoms with Crippen molar-refractivity contribution in [3.63, 3.8) is 0 Å². The third kappa shape index (κ3) is 3.40. The number of fused-ring (bicyclic) bond motifs is 1. The van der Waals surface area contributed by atoms with Gasteiger partial charge in [0.05, 0.1) is 23.3 Å². The molecule has 2 aromatic carbocycles. The lowest BCUT2D eigenvalue weighted by Gasteiger charge is -2.05. The molecule has 3 aromatic rings. The first-order valence-corrected chi connectivity index (χ1v) is 9.88. The van der Waals surface area contributed by atoms with Gasteiger partial charge < -0.3 is 14.0 Å². The first kappa shape index (κ1) is 17.5. The van der Waals surface area contributed by atoms with Crippen LogP contribution in [0.4, 0.5) is 0 Å². The van der Waals surface area contributed by atoms with Crippen LogP contribution in [0, 0.1) is 0 Å². The second-order valence-electron chi connectivity index (χ2n) is 5.22. The number of ether oxygens (including phenoxy) is 2. The van der Waals surface area contributed by atoms with Crippen molar-refractivity contribution in [1.29, 1.82) is 0 Å². The van der Waals surface area contributed by atoms with E-state index in [0.717, 1.165) is 10.2 Å². The second kappa shape index (κ2) is 6.89. The zero-order valence-corrected chi connectivity index (χ0v) is 15.7. The quantitative estimate of drug-likeness (QED) is 0.684. The van der Waals surface area contributed by atoms with E-state index in [0.29, 0.717) is 22.9 Å². The third-order valence-corrected chi connectivity index (χ3v) is 6.13. The number of thiazole rings is 1. The monoisotopic (exact) mass is 378 g/mol.